The third kappa shape index (κ3) is 2.36. The first kappa shape index (κ1) is 10.3. The second kappa shape index (κ2) is 4.46. The largest absolute Gasteiger partial charge is 0.508 e. The zero-order valence-corrected chi connectivity index (χ0v) is 8.03. The lowest BCUT2D eigenvalue weighted by Crippen LogP contribution is -2.12. The molecule has 0 aliphatic rings. The van der Waals surface area contributed by atoms with E-state index in [1.807, 2.05) is 6.92 Å². The maximum Gasteiger partial charge on any atom is 0.248 e. The van der Waals surface area contributed by atoms with E-state index in [1.165, 1.54) is 12.1 Å². The Kier molecular flexibility index (Phi) is 3.29. The number of amides is 1. The first-order chi connectivity index (χ1) is 6.65. The second-order valence-corrected chi connectivity index (χ2v) is 2.94. The molecule has 0 radical (unpaired) electrons. The van der Waals surface area contributed by atoms with Crippen molar-refractivity contribution >= 4 is 11.5 Å². The van der Waals surface area contributed by atoms with Crippen LogP contribution in [0.3, 0.4) is 0 Å². The Balaban J connectivity index is 3.06. The molecule has 0 spiro atoms. The van der Waals surface area contributed by atoms with E-state index in [0.717, 1.165) is 12.0 Å². The van der Waals surface area contributed by atoms with Gasteiger partial charge in [-0.3, -0.25) is 4.79 Å². The van der Waals surface area contributed by atoms with Gasteiger partial charge >= 0.3 is 0 Å². The Morgan fingerprint density at radius 3 is 2.43 bits per heavy atom. The van der Waals surface area contributed by atoms with Crippen LogP contribution in [0.2, 0.25) is 0 Å². The molecule has 0 aliphatic heterocycles. The summed E-state index contributed by atoms with van der Waals surface area (Å²) in [4.78, 5) is 11.1. The second-order valence-electron chi connectivity index (χ2n) is 2.94. The van der Waals surface area contributed by atoms with E-state index in [0.29, 0.717) is 5.57 Å². The Bertz CT molecular complexity index is 352. The van der Waals surface area contributed by atoms with Crippen LogP contribution in [0.1, 0.15) is 18.9 Å². The molecule has 0 bridgehead atoms. The van der Waals surface area contributed by atoms with Crippen molar-refractivity contribution in [3.8, 4) is 5.75 Å². The Morgan fingerprint density at radius 2 is 2.00 bits per heavy atom. The molecule has 3 nitrogen and oxygen atoms in total. The number of benzene rings is 1. The molecule has 0 heterocycles. The number of aromatic hydroxyl groups is 1. The van der Waals surface area contributed by atoms with Gasteiger partial charge in [0.05, 0.1) is 0 Å². The van der Waals surface area contributed by atoms with Crippen LogP contribution in [0.4, 0.5) is 0 Å². The maximum absolute atomic E-state index is 11.1. The van der Waals surface area contributed by atoms with Crippen LogP contribution in [0, 0.1) is 0 Å². The minimum Gasteiger partial charge on any atom is -0.508 e. The third-order valence-corrected chi connectivity index (χ3v) is 1.85. The SMILES string of the molecule is CC/C=C(/C(N)=O)c1ccc(O)cc1. The lowest BCUT2D eigenvalue weighted by Gasteiger charge is -2.03. The average Bonchev–Trinajstić information content (AvgIpc) is 2.15. The summed E-state index contributed by atoms with van der Waals surface area (Å²) in [6.45, 7) is 1.93. The van der Waals surface area contributed by atoms with Crippen molar-refractivity contribution in [2.75, 3.05) is 0 Å². The van der Waals surface area contributed by atoms with Crippen LogP contribution in [0.15, 0.2) is 30.3 Å². The number of hydrogen-bond acceptors (Lipinski definition) is 2. The van der Waals surface area contributed by atoms with Crippen molar-refractivity contribution in [2.45, 2.75) is 13.3 Å². The van der Waals surface area contributed by atoms with Gasteiger partial charge in [0, 0.05) is 5.57 Å². The average molecular weight is 191 g/mol. The molecule has 0 aliphatic carbocycles. The summed E-state index contributed by atoms with van der Waals surface area (Å²) in [5.41, 5.74) is 6.45. The number of rotatable bonds is 3. The molecule has 74 valence electrons. The molecule has 0 fully saturated rings. The first-order valence-corrected chi connectivity index (χ1v) is 4.44. The molecule has 3 heteroatoms. The fraction of sp³-hybridized carbons (Fsp3) is 0.182. The number of phenolic OH excluding ortho intramolecular Hbond substituents is 1. The summed E-state index contributed by atoms with van der Waals surface area (Å²) in [5, 5.41) is 9.07. The van der Waals surface area contributed by atoms with Gasteiger partial charge < -0.3 is 10.8 Å². The van der Waals surface area contributed by atoms with Crippen molar-refractivity contribution in [1.82, 2.24) is 0 Å². The third-order valence-electron chi connectivity index (χ3n) is 1.85. The Labute approximate surface area is 82.9 Å². The molecular formula is C11H13NO2. The van der Waals surface area contributed by atoms with E-state index in [-0.39, 0.29) is 5.75 Å². The van der Waals surface area contributed by atoms with E-state index in [9.17, 15) is 4.79 Å². The fourth-order valence-corrected chi connectivity index (χ4v) is 1.21. The standard InChI is InChI=1S/C11H13NO2/c1-2-3-10(11(12)14)8-4-6-9(13)7-5-8/h3-7,13H,2H2,1H3,(H2,12,14)/b10-3+. The van der Waals surface area contributed by atoms with E-state index in [1.54, 1.807) is 18.2 Å². The predicted molar refractivity (Wildman–Crippen MR) is 55.6 cm³/mol. The Morgan fingerprint density at radius 1 is 1.43 bits per heavy atom. The minimum absolute atomic E-state index is 0.175. The highest BCUT2D eigenvalue weighted by Gasteiger charge is 2.06. The van der Waals surface area contributed by atoms with Gasteiger partial charge in [-0.2, -0.15) is 0 Å². The number of primary amides is 1. The van der Waals surface area contributed by atoms with Gasteiger partial charge in [-0.15, -0.1) is 0 Å². The number of allylic oxidation sites excluding steroid dienone is 1. The van der Waals surface area contributed by atoms with Crippen LogP contribution in [-0.2, 0) is 4.79 Å². The monoisotopic (exact) mass is 191 g/mol. The van der Waals surface area contributed by atoms with Crippen LogP contribution in [0.5, 0.6) is 5.75 Å². The molecule has 1 amide bonds. The lowest BCUT2D eigenvalue weighted by molar-refractivity contribution is -0.112. The molecule has 1 aromatic rings. The molecule has 0 saturated heterocycles. The molecule has 3 N–H and O–H groups in total. The van der Waals surface area contributed by atoms with Gasteiger partial charge in [-0.1, -0.05) is 25.1 Å². The Hall–Kier alpha value is -1.77. The summed E-state index contributed by atoms with van der Waals surface area (Å²) in [7, 11) is 0. The fourth-order valence-electron chi connectivity index (χ4n) is 1.21. The summed E-state index contributed by atoms with van der Waals surface area (Å²) in [6.07, 6.45) is 2.52. The van der Waals surface area contributed by atoms with Crippen molar-refractivity contribution < 1.29 is 9.90 Å². The minimum atomic E-state index is -0.447. The van der Waals surface area contributed by atoms with Gasteiger partial charge in [-0.25, -0.2) is 0 Å². The van der Waals surface area contributed by atoms with Crippen LogP contribution < -0.4 is 5.73 Å². The van der Waals surface area contributed by atoms with E-state index < -0.39 is 5.91 Å². The van der Waals surface area contributed by atoms with Gasteiger partial charge in [0.1, 0.15) is 5.75 Å². The maximum atomic E-state index is 11.1. The number of hydrogen-bond donors (Lipinski definition) is 2. The van der Waals surface area contributed by atoms with Gasteiger partial charge in [0.15, 0.2) is 0 Å². The summed E-state index contributed by atoms with van der Waals surface area (Å²) in [6, 6.07) is 6.40. The molecule has 1 aromatic carbocycles. The molecule has 0 aromatic heterocycles. The molecule has 0 atom stereocenters. The van der Waals surface area contributed by atoms with Gasteiger partial charge in [-0.05, 0) is 24.1 Å². The highest BCUT2D eigenvalue weighted by Crippen LogP contribution is 2.17. The molecule has 14 heavy (non-hydrogen) atoms. The van der Waals surface area contributed by atoms with Gasteiger partial charge in [0.25, 0.3) is 0 Å². The summed E-state index contributed by atoms with van der Waals surface area (Å²) < 4.78 is 0. The summed E-state index contributed by atoms with van der Waals surface area (Å²) >= 11 is 0. The highest BCUT2D eigenvalue weighted by molar-refractivity contribution is 6.18. The quantitative estimate of drug-likeness (QED) is 0.714. The predicted octanol–water partition coefficient (Wildman–Crippen LogP) is 1.67. The zero-order chi connectivity index (χ0) is 10.6. The highest BCUT2D eigenvalue weighted by atomic mass is 16.3. The lowest BCUT2D eigenvalue weighted by atomic mass is 10.0. The van der Waals surface area contributed by atoms with Crippen molar-refractivity contribution in [3.05, 3.63) is 35.9 Å². The normalized spacial score (nSPS) is 11.4. The first-order valence-electron chi connectivity index (χ1n) is 4.44. The van der Waals surface area contributed by atoms with E-state index >= 15 is 0 Å². The molecule has 1 rings (SSSR count). The number of nitrogens with two attached hydrogens (primary N) is 1. The number of carbonyl (C=O) groups is 1. The van der Waals surface area contributed by atoms with Crippen LogP contribution in [0.25, 0.3) is 5.57 Å². The summed E-state index contributed by atoms with van der Waals surface area (Å²) in [5.74, 6) is -0.272. The van der Waals surface area contributed by atoms with Gasteiger partial charge in [0.2, 0.25) is 5.91 Å². The van der Waals surface area contributed by atoms with E-state index in [2.05, 4.69) is 0 Å². The smallest absolute Gasteiger partial charge is 0.248 e. The topological polar surface area (TPSA) is 63.3 Å². The molecular weight excluding hydrogens is 178 g/mol. The number of phenols is 1. The van der Waals surface area contributed by atoms with Crippen molar-refractivity contribution in [3.63, 3.8) is 0 Å². The van der Waals surface area contributed by atoms with Crippen molar-refractivity contribution in [1.29, 1.82) is 0 Å². The van der Waals surface area contributed by atoms with Crippen molar-refractivity contribution in [2.24, 2.45) is 5.73 Å². The number of carbonyl (C=O) groups excluding carboxylic acids is 1. The molecule has 0 saturated carbocycles. The van der Waals surface area contributed by atoms with E-state index in [4.69, 9.17) is 10.8 Å². The van der Waals surface area contributed by atoms with Crippen LogP contribution in [-0.4, -0.2) is 11.0 Å². The van der Waals surface area contributed by atoms with Crippen LogP contribution >= 0.6 is 0 Å². The molecule has 0 unspecified atom stereocenters. The zero-order valence-electron chi connectivity index (χ0n) is 8.03.